The number of nitrogens with zero attached hydrogens (tertiary/aromatic N) is 3. The molecule has 2 aromatic rings. The summed E-state index contributed by atoms with van der Waals surface area (Å²) in [6, 6.07) is 15.1. The monoisotopic (exact) mass is 365 g/mol. The van der Waals surface area contributed by atoms with E-state index in [1.165, 1.54) is 23.3 Å². The average Bonchev–Trinajstić information content (AvgIpc) is 2.73. The molecule has 2 aliphatic rings. The smallest absolute Gasteiger partial charge is 0.269 e. The van der Waals surface area contributed by atoms with E-state index in [0.29, 0.717) is 11.6 Å². The fraction of sp³-hybridized carbons (Fsp3) is 0.381. The molecule has 0 unspecified atom stereocenters. The van der Waals surface area contributed by atoms with Crippen LogP contribution in [0.1, 0.15) is 34.3 Å². The highest BCUT2D eigenvalue weighted by molar-refractivity contribution is 5.94. The van der Waals surface area contributed by atoms with Crippen molar-refractivity contribution in [2.75, 3.05) is 19.6 Å². The third-order valence-electron chi connectivity index (χ3n) is 5.75. The molecule has 27 heavy (non-hydrogen) atoms. The van der Waals surface area contributed by atoms with E-state index < -0.39 is 4.92 Å². The highest BCUT2D eigenvalue weighted by atomic mass is 16.6. The van der Waals surface area contributed by atoms with Gasteiger partial charge in [-0.15, -0.1) is 0 Å². The van der Waals surface area contributed by atoms with Crippen molar-refractivity contribution >= 4 is 11.6 Å². The van der Waals surface area contributed by atoms with Crippen LogP contribution in [0, 0.1) is 10.1 Å². The molecular weight excluding hydrogens is 342 g/mol. The van der Waals surface area contributed by atoms with Crippen LogP contribution >= 0.6 is 0 Å². The number of benzene rings is 2. The first-order chi connectivity index (χ1) is 13.1. The molecule has 2 heterocycles. The maximum absolute atomic E-state index is 12.7. The van der Waals surface area contributed by atoms with Gasteiger partial charge in [-0.3, -0.25) is 19.8 Å². The van der Waals surface area contributed by atoms with Crippen molar-refractivity contribution < 1.29 is 9.72 Å². The number of fused-ring (bicyclic) bond motifs is 1. The minimum atomic E-state index is -0.448. The molecule has 6 nitrogen and oxygen atoms in total. The second kappa shape index (κ2) is 7.48. The lowest BCUT2D eigenvalue weighted by Gasteiger charge is -2.40. The van der Waals surface area contributed by atoms with Gasteiger partial charge in [0.1, 0.15) is 0 Å². The summed E-state index contributed by atoms with van der Waals surface area (Å²) < 4.78 is 0. The number of non-ortho nitro benzene ring substituents is 1. The zero-order chi connectivity index (χ0) is 18.8. The molecule has 2 aliphatic heterocycles. The Bertz CT molecular complexity index is 842. The summed E-state index contributed by atoms with van der Waals surface area (Å²) in [5, 5.41) is 10.8. The summed E-state index contributed by atoms with van der Waals surface area (Å²) in [5.41, 5.74) is 3.41. The van der Waals surface area contributed by atoms with E-state index in [4.69, 9.17) is 0 Å². The van der Waals surface area contributed by atoms with Crippen molar-refractivity contribution in [1.82, 2.24) is 9.80 Å². The molecule has 0 saturated carbocycles. The standard InChI is InChI=1S/C21H23N3O3/c25-21(17-5-7-20(8-6-17)24(26)27)22-13-10-19(11-14-22)23-12-9-16-3-1-2-4-18(16)15-23/h1-8,19H,9-15H2. The fourth-order valence-corrected chi connectivity index (χ4v) is 4.17. The van der Waals surface area contributed by atoms with Crippen LogP contribution in [-0.4, -0.2) is 46.3 Å². The predicted molar refractivity (Wildman–Crippen MR) is 103 cm³/mol. The summed E-state index contributed by atoms with van der Waals surface area (Å²) in [7, 11) is 0. The van der Waals surface area contributed by atoms with E-state index in [2.05, 4.69) is 29.2 Å². The number of piperidine rings is 1. The second-order valence-electron chi connectivity index (χ2n) is 7.32. The van der Waals surface area contributed by atoms with Crippen LogP contribution in [0.25, 0.3) is 0 Å². The van der Waals surface area contributed by atoms with Gasteiger partial charge in [-0.1, -0.05) is 24.3 Å². The number of nitro benzene ring substituents is 1. The lowest BCUT2D eigenvalue weighted by molar-refractivity contribution is -0.384. The van der Waals surface area contributed by atoms with Crippen LogP contribution in [0.4, 0.5) is 5.69 Å². The fourth-order valence-electron chi connectivity index (χ4n) is 4.17. The molecule has 0 atom stereocenters. The highest BCUT2D eigenvalue weighted by Crippen LogP contribution is 2.25. The van der Waals surface area contributed by atoms with Gasteiger partial charge >= 0.3 is 0 Å². The number of amides is 1. The predicted octanol–water partition coefficient (Wildman–Crippen LogP) is 3.26. The van der Waals surface area contributed by atoms with Gasteiger partial charge in [-0.2, -0.15) is 0 Å². The Kier molecular flexibility index (Phi) is 4.90. The Morgan fingerprint density at radius 2 is 1.63 bits per heavy atom. The molecule has 0 spiro atoms. The quantitative estimate of drug-likeness (QED) is 0.619. The van der Waals surface area contributed by atoms with Crippen LogP contribution in [0.2, 0.25) is 0 Å². The Morgan fingerprint density at radius 1 is 0.963 bits per heavy atom. The number of carbonyl (C=O) groups is 1. The molecular formula is C21H23N3O3. The number of nitro groups is 1. The third-order valence-corrected chi connectivity index (χ3v) is 5.75. The van der Waals surface area contributed by atoms with Crippen LogP contribution in [0.5, 0.6) is 0 Å². The largest absolute Gasteiger partial charge is 0.339 e. The van der Waals surface area contributed by atoms with Gasteiger partial charge in [0.05, 0.1) is 4.92 Å². The molecule has 2 aromatic carbocycles. The Hall–Kier alpha value is -2.73. The minimum Gasteiger partial charge on any atom is -0.339 e. The molecule has 1 fully saturated rings. The molecule has 0 bridgehead atoms. The van der Waals surface area contributed by atoms with Gasteiger partial charge in [0, 0.05) is 49.9 Å². The molecule has 6 heteroatoms. The number of rotatable bonds is 3. The number of carbonyl (C=O) groups excluding carboxylic acids is 1. The van der Waals surface area contributed by atoms with E-state index in [-0.39, 0.29) is 11.6 Å². The van der Waals surface area contributed by atoms with E-state index >= 15 is 0 Å². The molecule has 140 valence electrons. The maximum Gasteiger partial charge on any atom is 0.269 e. The van der Waals surface area contributed by atoms with Crippen molar-refractivity contribution in [3.63, 3.8) is 0 Å². The average molecular weight is 365 g/mol. The van der Waals surface area contributed by atoms with E-state index in [9.17, 15) is 14.9 Å². The summed E-state index contributed by atoms with van der Waals surface area (Å²) in [6.07, 6.45) is 3.04. The zero-order valence-electron chi connectivity index (χ0n) is 15.2. The van der Waals surface area contributed by atoms with Gasteiger partial charge < -0.3 is 4.90 Å². The van der Waals surface area contributed by atoms with E-state index in [0.717, 1.165) is 45.4 Å². The highest BCUT2D eigenvalue weighted by Gasteiger charge is 2.29. The minimum absolute atomic E-state index is 0.00985. The van der Waals surface area contributed by atoms with Gasteiger partial charge in [-0.25, -0.2) is 0 Å². The summed E-state index contributed by atoms with van der Waals surface area (Å²) in [6.45, 7) is 3.55. The summed E-state index contributed by atoms with van der Waals surface area (Å²) >= 11 is 0. The van der Waals surface area contributed by atoms with Crippen LogP contribution in [-0.2, 0) is 13.0 Å². The maximum atomic E-state index is 12.7. The first kappa shape index (κ1) is 17.7. The first-order valence-electron chi connectivity index (χ1n) is 9.46. The number of likely N-dealkylation sites (tertiary alicyclic amines) is 1. The van der Waals surface area contributed by atoms with Gasteiger partial charge in [0.15, 0.2) is 0 Å². The third kappa shape index (κ3) is 3.71. The summed E-state index contributed by atoms with van der Waals surface area (Å²) in [5.74, 6) is -0.0349. The van der Waals surface area contributed by atoms with Crippen LogP contribution < -0.4 is 0 Å². The number of hydrogen-bond donors (Lipinski definition) is 0. The lowest BCUT2D eigenvalue weighted by Crippen LogP contribution is -2.48. The van der Waals surface area contributed by atoms with Crippen LogP contribution in [0.15, 0.2) is 48.5 Å². The lowest BCUT2D eigenvalue weighted by atomic mass is 9.95. The summed E-state index contributed by atoms with van der Waals surface area (Å²) in [4.78, 5) is 27.4. The molecule has 1 amide bonds. The van der Waals surface area contributed by atoms with E-state index in [1.54, 1.807) is 12.1 Å². The van der Waals surface area contributed by atoms with Crippen molar-refractivity contribution in [2.24, 2.45) is 0 Å². The van der Waals surface area contributed by atoms with Crippen molar-refractivity contribution in [3.8, 4) is 0 Å². The van der Waals surface area contributed by atoms with Gasteiger partial charge in [0.2, 0.25) is 0 Å². The molecule has 1 saturated heterocycles. The van der Waals surface area contributed by atoms with Gasteiger partial charge in [-0.05, 0) is 42.5 Å². The molecule has 0 aromatic heterocycles. The van der Waals surface area contributed by atoms with Crippen LogP contribution in [0.3, 0.4) is 0 Å². The first-order valence-corrected chi connectivity index (χ1v) is 9.46. The molecule has 4 rings (SSSR count). The number of hydrogen-bond acceptors (Lipinski definition) is 4. The normalized spacial score (nSPS) is 18.1. The topological polar surface area (TPSA) is 66.7 Å². The second-order valence-corrected chi connectivity index (χ2v) is 7.32. The SMILES string of the molecule is O=C(c1ccc([N+](=O)[O-])cc1)N1CCC(N2CCc3ccccc3C2)CC1. The Morgan fingerprint density at radius 3 is 2.30 bits per heavy atom. The molecule has 0 N–H and O–H groups in total. The Labute approximate surface area is 158 Å². The zero-order valence-corrected chi connectivity index (χ0v) is 15.2. The van der Waals surface area contributed by atoms with E-state index in [1.807, 2.05) is 4.90 Å². The Balaban J connectivity index is 1.35. The van der Waals surface area contributed by atoms with Crippen molar-refractivity contribution in [2.45, 2.75) is 31.8 Å². The molecule has 0 aliphatic carbocycles. The van der Waals surface area contributed by atoms with Crippen molar-refractivity contribution in [1.29, 1.82) is 0 Å². The van der Waals surface area contributed by atoms with Crippen molar-refractivity contribution in [3.05, 3.63) is 75.3 Å². The molecule has 0 radical (unpaired) electrons. The van der Waals surface area contributed by atoms with Gasteiger partial charge in [0.25, 0.3) is 11.6 Å².